The molecule has 1 fully saturated rings. The second kappa shape index (κ2) is 5.26. The lowest BCUT2D eigenvalue weighted by Gasteiger charge is -2.27. The van der Waals surface area contributed by atoms with Gasteiger partial charge in [-0.3, -0.25) is 4.79 Å². The predicted molar refractivity (Wildman–Crippen MR) is 75.9 cm³/mol. The van der Waals surface area contributed by atoms with Gasteiger partial charge in [-0.1, -0.05) is 18.5 Å². The van der Waals surface area contributed by atoms with Crippen LogP contribution in [-0.4, -0.2) is 41.2 Å². The molecule has 1 aromatic carbocycles. The summed E-state index contributed by atoms with van der Waals surface area (Å²) in [7, 11) is 0. The van der Waals surface area contributed by atoms with E-state index in [2.05, 4.69) is 6.92 Å². The van der Waals surface area contributed by atoms with Gasteiger partial charge in [0.15, 0.2) is 6.10 Å². The van der Waals surface area contributed by atoms with Crippen LogP contribution in [0.1, 0.15) is 18.9 Å². The van der Waals surface area contributed by atoms with E-state index in [1.54, 1.807) is 17.0 Å². The van der Waals surface area contributed by atoms with E-state index in [1.807, 2.05) is 6.07 Å². The molecule has 1 aromatic rings. The number of amides is 1. The number of aliphatic hydroxyl groups excluding tert-OH is 1. The van der Waals surface area contributed by atoms with E-state index in [9.17, 15) is 9.90 Å². The maximum Gasteiger partial charge on any atom is 0.264 e. The number of hydrogen-bond acceptors (Lipinski definition) is 3. The van der Waals surface area contributed by atoms with Gasteiger partial charge >= 0.3 is 0 Å². The highest BCUT2D eigenvalue weighted by molar-refractivity contribution is 6.30. The average molecular weight is 296 g/mol. The lowest BCUT2D eigenvalue weighted by molar-refractivity contribution is -0.139. The van der Waals surface area contributed by atoms with Crippen molar-refractivity contribution >= 4 is 17.5 Å². The highest BCUT2D eigenvalue weighted by Crippen LogP contribution is 2.33. The summed E-state index contributed by atoms with van der Waals surface area (Å²) in [6.45, 7) is 2.78. The summed E-state index contributed by atoms with van der Waals surface area (Å²) >= 11 is 5.96. The molecular weight excluding hydrogens is 278 g/mol. The molecule has 3 atom stereocenters. The number of carbonyl (C=O) groups is 1. The Hall–Kier alpha value is -1.26. The van der Waals surface area contributed by atoms with Crippen LogP contribution >= 0.6 is 11.6 Å². The lowest BCUT2D eigenvalue weighted by atomic mass is 10.0. The summed E-state index contributed by atoms with van der Waals surface area (Å²) in [5.74, 6) is 1.04. The molecule has 3 rings (SSSR count). The predicted octanol–water partition coefficient (Wildman–Crippen LogP) is 1.87. The van der Waals surface area contributed by atoms with Crippen LogP contribution in [0, 0.1) is 5.92 Å². The molecule has 0 aromatic heterocycles. The lowest BCUT2D eigenvalue weighted by Crippen LogP contribution is -2.46. The van der Waals surface area contributed by atoms with Gasteiger partial charge in [0.1, 0.15) is 5.75 Å². The fourth-order valence-electron chi connectivity index (χ4n) is 3.10. The number of rotatable bonds is 2. The molecule has 108 valence electrons. The summed E-state index contributed by atoms with van der Waals surface area (Å²) in [5.41, 5.74) is 0.976. The Kier molecular flexibility index (Phi) is 3.61. The molecule has 2 heterocycles. The molecule has 3 unspecified atom stereocenters. The highest BCUT2D eigenvalue weighted by atomic mass is 35.5. The minimum absolute atomic E-state index is 0.0123. The van der Waals surface area contributed by atoms with Crippen molar-refractivity contribution in [1.82, 2.24) is 4.90 Å². The largest absolute Gasteiger partial charge is 0.480 e. The maximum absolute atomic E-state index is 12.6. The van der Waals surface area contributed by atoms with E-state index in [-0.39, 0.29) is 18.6 Å². The van der Waals surface area contributed by atoms with Crippen molar-refractivity contribution < 1.29 is 14.6 Å². The number of ether oxygens (including phenoxy) is 1. The van der Waals surface area contributed by atoms with Crippen molar-refractivity contribution in [3.63, 3.8) is 0 Å². The summed E-state index contributed by atoms with van der Waals surface area (Å²) in [4.78, 5) is 14.3. The fourth-order valence-corrected chi connectivity index (χ4v) is 3.29. The Morgan fingerprint density at radius 3 is 3.10 bits per heavy atom. The zero-order valence-corrected chi connectivity index (χ0v) is 12.1. The van der Waals surface area contributed by atoms with Crippen LogP contribution in [0.4, 0.5) is 0 Å². The van der Waals surface area contributed by atoms with Crippen LogP contribution in [0.3, 0.4) is 0 Å². The average Bonchev–Trinajstić information content (AvgIpc) is 3.00. The summed E-state index contributed by atoms with van der Waals surface area (Å²) in [6.07, 6.45) is 1.00. The maximum atomic E-state index is 12.6. The minimum atomic E-state index is -0.484. The van der Waals surface area contributed by atoms with Gasteiger partial charge in [0.25, 0.3) is 5.91 Å². The smallest absolute Gasteiger partial charge is 0.264 e. The molecule has 0 saturated carbocycles. The number of nitrogens with zero attached hydrogens (tertiary/aromatic N) is 1. The van der Waals surface area contributed by atoms with Gasteiger partial charge < -0.3 is 14.7 Å². The SMILES string of the molecule is CC1CCN(C(=O)C2Cc3cc(Cl)ccc3O2)C1CO. The molecule has 0 radical (unpaired) electrons. The quantitative estimate of drug-likeness (QED) is 0.906. The normalized spacial score (nSPS) is 28.4. The number of aliphatic hydroxyl groups is 1. The molecule has 20 heavy (non-hydrogen) atoms. The van der Waals surface area contributed by atoms with Gasteiger partial charge in [-0.15, -0.1) is 0 Å². The zero-order chi connectivity index (χ0) is 14.3. The Bertz CT molecular complexity index is 534. The number of halogens is 1. The summed E-state index contributed by atoms with van der Waals surface area (Å²) in [5, 5.41) is 10.1. The number of likely N-dealkylation sites (tertiary alicyclic amines) is 1. The van der Waals surface area contributed by atoms with Crippen molar-refractivity contribution in [3.8, 4) is 5.75 Å². The molecule has 5 heteroatoms. The second-order valence-electron chi connectivity index (χ2n) is 5.61. The van der Waals surface area contributed by atoms with E-state index in [0.717, 1.165) is 17.7 Å². The van der Waals surface area contributed by atoms with E-state index in [0.29, 0.717) is 23.9 Å². The van der Waals surface area contributed by atoms with Crippen molar-refractivity contribution in [2.24, 2.45) is 5.92 Å². The van der Waals surface area contributed by atoms with Crippen LogP contribution in [-0.2, 0) is 11.2 Å². The van der Waals surface area contributed by atoms with Crippen molar-refractivity contribution in [3.05, 3.63) is 28.8 Å². The zero-order valence-electron chi connectivity index (χ0n) is 11.4. The molecule has 2 aliphatic heterocycles. The first-order valence-corrected chi connectivity index (χ1v) is 7.34. The summed E-state index contributed by atoms with van der Waals surface area (Å²) in [6, 6.07) is 5.33. The molecule has 1 saturated heterocycles. The third kappa shape index (κ3) is 2.27. The monoisotopic (exact) mass is 295 g/mol. The van der Waals surface area contributed by atoms with Crippen LogP contribution in [0.2, 0.25) is 5.02 Å². The Labute approximate surface area is 123 Å². The van der Waals surface area contributed by atoms with Crippen LogP contribution in [0.15, 0.2) is 18.2 Å². The van der Waals surface area contributed by atoms with Crippen LogP contribution < -0.4 is 4.74 Å². The number of fused-ring (bicyclic) bond motifs is 1. The molecule has 1 amide bonds. The Morgan fingerprint density at radius 1 is 1.55 bits per heavy atom. The number of hydrogen-bond donors (Lipinski definition) is 1. The van der Waals surface area contributed by atoms with E-state index >= 15 is 0 Å². The molecule has 4 nitrogen and oxygen atoms in total. The van der Waals surface area contributed by atoms with Crippen LogP contribution in [0.25, 0.3) is 0 Å². The topological polar surface area (TPSA) is 49.8 Å². The fraction of sp³-hybridized carbons (Fsp3) is 0.533. The Balaban J connectivity index is 1.74. The van der Waals surface area contributed by atoms with Crippen LogP contribution in [0.5, 0.6) is 5.75 Å². The van der Waals surface area contributed by atoms with Gasteiger partial charge in [-0.2, -0.15) is 0 Å². The molecule has 2 aliphatic rings. The number of carbonyl (C=O) groups excluding carboxylic acids is 1. The minimum Gasteiger partial charge on any atom is -0.480 e. The first kappa shape index (κ1) is 13.7. The molecule has 0 aliphatic carbocycles. The second-order valence-corrected chi connectivity index (χ2v) is 6.05. The first-order valence-electron chi connectivity index (χ1n) is 6.96. The van der Waals surface area contributed by atoms with E-state index in [4.69, 9.17) is 16.3 Å². The van der Waals surface area contributed by atoms with Gasteiger partial charge in [0, 0.05) is 18.0 Å². The van der Waals surface area contributed by atoms with Gasteiger partial charge in [0.05, 0.1) is 12.6 Å². The molecule has 0 spiro atoms. The van der Waals surface area contributed by atoms with Gasteiger partial charge in [0.2, 0.25) is 0 Å². The highest BCUT2D eigenvalue weighted by Gasteiger charge is 2.39. The molecule has 0 bridgehead atoms. The standard InChI is InChI=1S/C15H18ClNO3/c1-9-4-5-17(12(9)8-18)15(19)14-7-10-6-11(16)2-3-13(10)20-14/h2-3,6,9,12,14,18H,4-5,7-8H2,1H3. The first-order chi connectivity index (χ1) is 9.60. The Morgan fingerprint density at radius 2 is 2.35 bits per heavy atom. The molecule has 1 N–H and O–H groups in total. The van der Waals surface area contributed by atoms with Crippen molar-refractivity contribution in [1.29, 1.82) is 0 Å². The van der Waals surface area contributed by atoms with Crippen molar-refractivity contribution in [2.75, 3.05) is 13.2 Å². The van der Waals surface area contributed by atoms with Crippen molar-refractivity contribution in [2.45, 2.75) is 31.9 Å². The van der Waals surface area contributed by atoms with Gasteiger partial charge in [-0.05, 0) is 36.1 Å². The van der Waals surface area contributed by atoms with E-state index < -0.39 is 6.10 Å². The third-order valence-corrected chi connectivity index (χ3v) is 4.56. The molecular formula is C15H18ClNO3. The number of benzene rings is 1. The summed E-state index contributed by atoms with van der Waals surface area (Å²) < 4.78 is 5.73. The van der Waals surface area contributed by atoms with E-state index in [1.165, 1.54) is 0 Å². The van der Waals surface area contributed by atoms with Gasteiger partial charge in [-0.25, -0.2) is 0 Å². The third-order valence-electron chi connectivity index (χ3n) is 4.33.